The highest BCUT2D eigenvalue weighted by atomic mass is 16.5. The second-order valence-corrected chi connectivity index (χ2v) is 5.00. The molecule has 5 heteroatoms. The monoisotopic (exact) mass is 274 g/mol. The van der Waals surface area contributed by atoms with Crippen LogP contribution >= 0.6 is 0 Å². The number of benzene rings is 1. The predicted octanol–water partition coefficient (Wildman–Crippen LogP) is 2.03. The molecular weight excluding hydrogens is 256 g/mol. The molecule has 1 aromatic heterocycles. The minimum Gasteiger partial charge on any atom is -0.452 e. The van der Waals surface area contributed by atoms with E-state index in [1.807, 2.05) is 19.9 Å². The van der Waals surface area contributed by atoms with Crippen molar-refractivity contribution in [3.05, 3.63) is 35.0 Å². The van der Waals surface area contributed by atoms with E-state index in [2.05, 4.69) is 4.98 Å². The van der Waals surface area contributed by atoms with E-state index in [9.17, 15) is 9.59 Å². The van der Waals surface area contributed by atoms with Gasteiger partial charge in [-0.2, -0.15) is 0 Å². The highest BCUT2D eigenvalue weighted by Gasteiger charge is 2.13. The van der Waals surface area contributed by atoms with Crippen molar-refractivity contribution in [1.29, 1.82) is 0 Å². The summed E-state index contributed by atoms with van der Waals surface area (Å²) in [4.78, 5) is 28.0. The zero-order chi connectivity index (χ0) is 14.9. The van der Waals surface area contributed by atoms with Gasteiger partial charge in [0.2, 0.25) is 0 Å². The van der Waals surface area contributed by atoms with Crippen molar-refractivity contribution < 1.29 is 14.3 Å². The van der Waals surface area contributed by atoms with Gasteiger partial charge in [0, 0.05) is 30.7 Å². The van der Waals surface area contributed by atoms with Gasteiger partial charge in [-0.3, -0.25) is 4.79 Å². The zero-order valence-electron chi connectivity index (χ0n) is 12.1. The maximum Gasteiger partial charge on any atom is 0.338 e. The largest absolute Gasteiger partial charge is 0.452 e. The first-order valence-electron chi connectivity index (χ1n) is 6.36. The molecule has 0 bridgehead atoms. The van der Waals surface area contributed by atoms with Crippen molar-refractivity contribution >= 4 is 22.8 Å². The van der Waals surface area contributed by atoms with Gasteiger partial charge >= 0.3 is 5.97 Å². The van der Waals surface area contributed by atoms with Gasteiger partial charge in [-0.05, 0) is 37.6 Å². The van der Waals surface area contributed by atoms with Gasteiger partial charge in [0.1, 0.15) is 0 Å². The quantitative estimate of drug-likeness (QED) is 0.871. The van der Waals surface area contributed by atoms with Crippen LogP contribution in [0.5, 0.6) is 0 Å². The van der Waals surface area contributed by atoms with E-state index < -0.39 is 5.97 Å². The Bertz CT molecular complexity index is 671. The highest BCUT2D eigenvalue weighted by molar-refractivity contribution is 5.96. The van der Waals surface area contributed by atoms with E-state index in [-0.39, 0.29) is 12.5 Å². The number of ether oxygens (including phenoxy) is 1. The summed E-state index contributed by atoms with van der Waals surface area (Å²) in [6.07, 6.45) is 0. The number of nitrogens with one attached hydrogen (secondary N) is 1. The molecule has 106 valence electrons. The molecule has 0 spiro atoms. The molecule has 0 aliphatic rings. The number of esters is 1. The van der Waals surface area contributed by atoms with Crippen LogP contribution < -0.4 is 0 Å². The lowest BCUT2D eigenvalue weighted by molar-refractivity contribution is -0.131. The molecule has 0 unspecified atom stereocenters. The summed E-state index contributed by atoms with van der Waals surface area (Å²) < 4.78 is 5.01. The third-order valence-corrected chi connectivity index (χ3v) is 3.37. The molecule has 1 aromatic carbocycles. The Labute approximate surface area is 117 Å². The highest BCUT2D eigenvalue weighted by Crippen LogP contribution is 2.22. The number of fused-ring (bicyclic) bond motifs is 1. The molecule has 5 nitrogen and oxygen atoms in total. The van der Waals surface area contributed by atoms with Crippen LogP contribution in [0.2, 0.25) is 0 Å². The van der Waals surface area contributed by atoms with Gasteiger partial charge in [0.05, 0.1) is 5.56 Å². The fraction of sp³-hybridized carbons (Fsp3) is 0.333. The number of aryl methyl sites for hydroxylation is 2. The molecule has 0 radical (unpaired) electrons. The smallest absolute Gasteiger partial charge is 0.338 e. The molecule has 0 aliphatic carbocycles. The van der Waals surface area contributed by atoms with Crippen LogP contribution in [0.4, 0.5) is 0 Å². The lowest BCUT2D eigenvalue weighted by Gasteiger charge is -2.10. The number of aromatic nitrogens is 1. The van der Waals surface area contributed by atoms with Gasteiger partial charge in [-0.1, -0.05) is 0 Å². The number of carbonyl (C=O) groups excluding carboxylic acids is 2. The lowest BCUT2D eigenvalue weighted by atomic mass is 10.1. The molecule has 1 heterocycles. The van der Waals surface area contributed by atoms with Crippen molar-refractivity contribution in [1.82, 2.24) is 9.88 Å². The lowest BCUT2D eigenvalue weighted by Crippen LogP contribution is -2.27. The van der Waals surface area contributed by atoms with E-state index >= 15 is 0 Å². The number of likely N-dealkylation sites (N-methyl/N-ethyl adjacent to an activating group) is 1. The number of nitrogens with zero attached hydrogens (tertiary/aromatic N) is 1. The maximum atomic E-state index is 11.9. The first-order valence-corrected chi connectivity index (χ1v) is 6.36. The average Bonchev–Trinajstić information content (AvgIpc) is 2.70. The minimum absolute atomic E-state index is 0.241. The van der Waals surface area contributed by atoms with Gasteiger partial charge in [0.25, 0.3) is 5.91 Å². The van der Waals surface area contributed by atoms with Gasteiger partial charge in [-0.25, -0.2) is 4.79 Å². The van der Waals surface area contributed by atoms with Gasteiger partial charge in [0.15, 0.2) is 6.61 Å². The molecule has 20 heavy (non-hydrogen) atoms. The molecule has 2 rings (SSSR count). The third-order valence-electron chi connectivity index (χ3n) is 3.37. The Balaban J connectivity index is 2.18. The fourth-order valence-corrected chi connectivity index (χ4v) is 1.93. The van der Waals surface area contributed by atoms with Crippen LogP contribution in [0.25, 0.3) is 10.9 Å². The Hall–Kier alpha value is -2.30. The normalized spacial score (nSPS) is 10.6. The molecule has 0 saturated heterocycles. The number of hydrogen-bond donors (Lipinski definition) is 1. The van der Waals surface area contributed by atoms with Crippen LogP contribution in [0, 0.1) is 13.8 Å². The van der Waals surface area contributed by atoms with Gasteiger partial charge < -0.3 is 14.6 Å². The van der Waals surface area contributed by atoms with Crippen molar-refractivity contribution in [3.8, 4) is 0 Å². The van der Waals surface area contributed by atoms with Crippen molar-refractivity contribution in [2.45, 2.75) is 13.8 Å². The molecule has 0 aliphatic heterocycles. The number of hydrogen-bond acceptors (Lipinski definition) is 3. The SMILES string of the molecule is Cc1[nH]c2ccc(C(=O)OCC(=O)N(C)C)cc2c1C. The number of rotatable bonds is 3. The molecule has 1 amide bonds. The van der Waals surface area contributed by atoms with Gasteiger partial charge in [-0.15, -0.1) is 0 Å². The summed E-state index contributed by atoms with van der Waals surface area (Å²) in [6, 6.07) is 5.33. The molecule has 2 aromatic rings. The molecular formula is C15H18N2O3. The summed E-state index contributed by atoms with van der Waals surface area (Å²) in [5, 5.41) is 0.996. The fourth-order valence-electron chi connectivity index (χ4n) is 1.93. The Kier molecular flexibility index (Phi) is 3.79. The molecule has 1 N–H and O–H groups in total. The number of H-pyrrole nitrogens is 1. The Morgan fingerprint density at radius 2 is 1.95 bits per heavy atom. The molecule has 0 fully saturated rings. The summed E-state index contributed by atoms with van der Waals surface area (Å²) in [5.41, 5.74) is 3.62. The van der Waals surface area contributed by atoms with Crippen molar-refractivity contribution in [2.75, 3.05) is 20.7 Å². The van der Waals surface area contributed by atoms with E-state index in [1.165, 1.54) is 4.90 Å². The number of amides is 1. The van der Waals surface area contributed by atoms with E-state index in [4.69, 9.17) is 4.74 Å². The standard InChI is InChI=1S/C15H18N2O3/c1-9-10(2)16-13-6-5-11(7-12(9)13)15(19)20-8-14(18)17(3)4/h5-7,16H,8H2,1-4H3. The van der Waals surface area contributed by atoms with Crippen molar-refractivity contribution in [2.24, 2.45) is 0 Å². The summed E-state index contributed by atoms with van der Waals surface area (Å²) in [5.74, 6) is -0.728. The summed E-state index contributed by atoms with van der Waals surface area (Å²) in [7, 11) is 3.24. The van der Waals surface area contributed by atoms with E-state index in [0.29, 0.717) is 5.56 Å². The van der Waals surface area contributed by atoms with E-state index in [0.717, 1.165) is 22.2 Å². The Morgan fingerprint density at radius 3 is 2.60 bits per heavy atom. The Morgan fingerprint density at radius 1 is 1.25 bits per heavy atom. The van der Waals surface area contributed by atoms with Crippen LogP contribution in [-0.4, -0.2) is 42.5 Å². The van der Waals surface area contributed by atoms with Crippen LogP contribution in [0.1, 0.15) is 21.6 Å². The van der Waals surface area contributed by atoms with E-state index in [1.54, 1.807) is 26.2 Å². The summed E-state index contributed by atoms with van der Waals surface area (Å²) in [6.45, 7) is 3.75. The minimum atomic E-state index is -0.486. The second kappa shape index (κ2) is 5.36. The predicted molar refractivity (Wildman–Crippen MR) is 76.7 cm³/mol. The first-order chi connectivity index (χ1) is 9.40. The average molecular weight is 274 g/mol. The van der Waals surface area contributed by atoms with Crippen molar-refractivity contribution in [3.63, 3.8) is 0 Å². The molecule has 0 saturated carbocycles. The first kappa shape index (κ1) is 14.1. The number of aromatic amines is 1. The topological polar surface area (TPSA) is 62.4 Å². The number of carbonyl (C=O) groups is 2. The maximum absolute atomic E-state index is 11.9. The van der Waals surface area contributed by atoms with Crippen LogP contribution in [0.3, 0.4) is 0 Å². The third kappa shape index (κ3) is 2.66. The summed E-state index contributed by atoms with van der Waals surface area (Å²) >= 11 is 0. The zero-order valence-corrected chi connectivity index (χ0v) is 12.1. The molecule has 0 atom stereocenters. The second-order valence-electron chi connectivity index (χ2n) is 5.00. The van der Waals surface area contributed by atoms with Crippen LogP contribution in [-0.2, 0) is 9.53 Å². The van der Waals surface area contributed by atoms with Crippen LogP contribution in [0.15, 0.2) is 18.2 Å².